The maximum atomic E-state index is 12.6. The van der Waals surface area contributed by atoms with E-state index in [4.69, 9.17) is 4.74 Å². The van der Waals surface area contributed by atoms with Crippen molar-refractivity contribution in [3.8, 4) is 0 Å². The molecule has 2 heterocycles. The zero-order chi connectivity index (χ0) is 16.8. The van der Waals surface area contributed by atoms with E-state index in [1.165, 1.54) is 0 Å². The number of hydrogen-bond acceptors (Lipinski definition) is 5. The first-order chi connectivity index (χ1) is 11.0. The number of aromatic nitrogens is 2. The minimum absolute atomic E-state index is 0.149. The van der Waals surface area contributed by atoms with Crippen molar-refractivity contribution in [2.24, 2.45) is 0 Å². The van der Waals surface area contributed by atoms with Crippen LogP contribution < -0.4 is 11.2 Å². The molecule has 8 nitrogen and oxygen atoms in total. The van der Waals surface area contributed by atoms with Crippen LogP contribution >= 0.6 is 0 Å². The lowest BCUT2D eigenvalue weighted by Gasteiger charge is -2.26. The molecule has 0 saturated carbocycles. The van der Waals surface area contributed by atoms with Gasteiger partial charge in [0.2, 0.25) is 0 Å². The van der Waals surface area contributed by atoms with Crippen LogP contribution in [0.4, 0.5) is 0 Å². The molecule has 0 spiro atoms. The smallest absolute Gasteiger partial charge is 0.352 e. The van der Waals surface area contributed by atoms with Gasteiger partial charge < -0.3 is 14.8 Å². The highest BCUT2D eigenvalue weighted by atomic mass is 16.5. The van der Waals surface area contributed by atoms with E-state index in [9.17, 15) is 19.5 Å². The Hall–Kier alpha value is -1.93. The Kier molecular flexibility index (Phi) is 6.12. The number of aromatic amines is 1. The van der Waals surface area contributed by atoms with E-state index in [2.05, 4.69) is 9.88 Å². The Morgan fingerprint density at radius 2 is 1.96 bits per heavy atom. The van der Waals surface area contributed by atoms with Crippen LogP contribution in [-0.2, 0) is 17.8 Å². The third-order valence-corrected chi connectivity index (χ3v) is 4.06. The highest BCUT2D eigenvalue weighted by Crippen LogP contribution is 2.12. The Balaban J connectivity index is 2.35. The SMILES string of the molecule is COCCCn1c(=O)[nH]c(C(=O)O)c(CN2CCCCC2)c1=O. The minimum atomic E-state index is -1.28. The summed E-state index contributed by atoms with van der Waals surface area (Å²) < 4.78 is 5.99. The number of H-pyrrole nitrogens is 1. The number of ether oxygens (including phenoxy) is 1. The van der Waals surface area contributed by atoms with Gasteiger partial charge in [-0.25, -0.2) is 9.59 Å². The van der Waals surface area contributed by atoms with Crippen LogP contribution in [0.15, 0.2) is 9.59 Å². The van der Waals surface area contributed by atoms with Crippen molar-refractivity contribution < 1.29 is 14.6 Å². The Morgan fingerprint density at radius 1 is 1.26 bits per heavy atom. The summed E-state index contributed by atoms with van der Waals surface area (Å²) in [6, 6.07) is 0. The van der Waals surface area contributed by atoms with Crippen molar-refractivity contribution in [3.63, 3.8) is 0 Å². The summed E-state index contributed by atoms with van der Waals surface area (Å²) >= 11 is 0. The molecule has 2 N–H and O–H groups in total. The number of piperidine rings is 1. The first kappa shape index (κ1) is 17.4. The van der Waals surface area contributed by atoms with Gasteiger partial charge in [-0.15, -0.1) is 0 Å². The van der Waals surface area contributed by atoms with E-state index >= 15 is 0 Å². The number of hydrogen-bond donors (Lipinski definition) is 2. The lowest BCUT2D eigenvalue weighted by atomic mass is 10.1. The van der Waals surface area contributed by atoms with Gasteiger partial charge in [-0.05, 0) is 32.4 Å². The predicted molar refractivity (Wildman–Crippen MR) is 83.9 cm³/mol. The molecule has 1 saturated heterocycles. The van der Waals surface area contributed by atoms with Crippen LogP contribution in [0.3, 0.4) is 0 Å². The molecule has 8 heteroatoms. The maximum absolute atomic E-state index is 12.6. The van der Waals surface area contributed by atoms with E-state index in [-0.39, 0.29) is 24.3 Å². The largest absolute Gasteiger partial charge is 0.477 e. The molecule has 0 aliphatic carbocycles. The van der Waals surface area contributed by atoms with Gasteiger partial charge in [0.25, 0.3) is 5.56 Å². The number of carboxylic acids is 1. The van der Waals surface area contributed by atoms with Gasteiger partial charge in [-0.3, -0.25) is 14.3 Å². The molecule has 128 valence electrons. The molecule has 0 aromatic carbocycles. The van der Waals surface area contributed by atoms with Crippen molar-refractivity contribution in [1.29, 1.82) is 0 Å². The van der Waals surface area contributed by atoms with Gasteiger partial charge in [-0.1, -0.05) is 6.42 Å². The number of methoxy groups -OCH3 is 1. The number of rotatable bonds is 7. The highest BCUT2D eigenvalue weighted by molar-refractivity contribution is 5.86. The first-order valence-corrected chi connectivity index (χ1v) is 7.85. The molecule has 1 aliphatic rings. The molecular formula is C15H23N3O5. The maximum Gasteiger partial charge on any atom is 0.352 e. The second kappa shape index (κ2) is 8.07. The second-order valence-electron chi connectivity index (χ2n) is 5.73. The highest BCUT2D eigenvalue weighted by Gasteiger charge is 2.22. The Labute approximate surface area is 133 Å². The fourth-order valence-corrected chi connectivity index (χ4v) is 2.85. The Morgan fingerprint density at radius 3 is 2.57 bits per heavy atom. The third kappa shape index (κ3) is 4.29. The molecule has 23 heavy (non-hydrogen) atoms. The summed E-state index contributed by atoms with van der Waals surface area (Å²) in [6.07, 6.45) is 3.73. The average Bonchev–Trinajstić information content (AvgIpc) is 2.54. The van der Waals surface area contributed by atoms with E-state index in [0.29, 0.717) is 13.0 Å². The van der Waals surface area contributed by atoms with Gasteiger partial charge in [0, 0.05) is 26.8 Å². The number of carbonyl (C=O) groups is 1. The molecule has 1 aromatic rings. The van der Waals surface area contributed by atoms with Gasteiger partial charge in [-0.2, -0.15) is 0 Å². The summed E-state index contributed by atoms with van der Waals surface area (Å²) in [4.78, 5) is 40.4. The number of nitrogens with zero attached hydrogens (tertiary/aromatic N) is 2. The van der Waals surface area contributed by atoms with Crippen LogP contribution in [-0.4, -0.2) is 52.3 Å². The molecule has 1 fully saturated rings. The molecule has 0 amide bonds. The molecule has 0 bridgehead atoms. The third-order valence-electron chi connectivity index (χ3n) is 4.06. The normalized spacial score (nSPS) is 15.7. The molecular weight excluding hydrogens is 302 g/mol. The molecule has 0 atom stereocenters. The van der Waals surface area contributed by atoms with Crippen LogP contribution in [0, 0.1) is 0 Å². The summed E-state index contributed by atoms with van der Waals surface area (Å²) in [5, 5.41) is 9.29. The number of nitrogens with one attached hydrogen (secondary N) is 1. The van der Waals surface area contributed by atoms with E-state index in [1.807, 2.05) is 0 Å². The van der Waals surface area contributed by atoms with Crippen molar-refractivity contribution in [2.75, 3.05) is 26.8 Å². The lowest BCUT2D eigenvalue weighted by molar-refractivity contribution is 0.0685. The second-order valence-corrected chi connectivity index (χ2v) is 5.73. The van der Waals surface area contributed by atoms with Crippen molar-refractivity contribution in [3.05, 3.63) is 32.1 Å². The summed E-state index contributed by atoms with van der Waals surface area (Å²) in [6.45, 7) is 2.55. The molecule has 2 rings (SSSR count). The topological polar surface area (TPSA) is 105 Å². The lowest BCUT2D eigenvalue weighted by Crippen LogP contribution is -2.42. The van der Waals surface area contributed by atoms with E-state index in [0.717, 1.165) is 36.9 Å². The fraction of sp³-hybridized carbons (Fsp3) is 0.667. The minimum Gasteiger partial charge on any atom is -0.477 e. The van der Waals surface area contributed by atoms with Crippen LogP contribution in [0.5, 0.6) is 0 Å². The van der Waals surface area contributed by atoms with Gasteiger partial charge in [0.15, 0.2) is 0 Å². The van der Waals surface area contributed by atoms with Crippen molar-refractivity contribution in [2.45, 2.75) is 38.8 Å². The molecule has 1 aliphatic heterocycles. The average molecular weight is 325 g/mol. The van der Waals surface area contributed by atoms with E-state index in [1.54, 1.807) is 7.11 Å². The summed E-state index contributed by atoms with van der Waals surface area (Å²) in [5.41, 5.74) is -1.36. The first-order valence-electron chi connectivity index (χ1n) is 7.85. The Bertz CT molecular complexity index is 658. The number of likely N-dealkylation sites (tertiary alicyclic amines) is 1. The van der Waals surface area contributed by atoms with Crippen molar-refractivity contribution >= 4 is 5.97 Å². The zero-order valence-electron chi connectivity index (χ0n) is 13.3. The van der Waals surface area contributed by atoms with Crippen LogP contribution in [0.2, 0.25) is 0 Å². The van der Waals surface area contributed by atoms with Gasteiger partial charge in [0.1, 0.15) is 5.69 Å². The van der Waals surface area contributed by atoms with Crippen LogP contribution in [0.1, 0.15) is 41.7 Å². The molecule has 0 unspecified atom stereocenters. The quantitative estimate of drug-likeness (QED) is 0.697. The zero-order valence-corrected chi connectivity index (χ0v) is 13.3. The predicted octanol–water partition coefficient (Wildman–Crippen LogP) is 0.257. The van der Waals surface area contributed by atoms with Gasteiger partial charge in [0.05, 0.1) is 5.56 Å². The molecule has 1 aromatic heterocycles. The fourth-order valence-electron chi connectivity index (χ4n) is 2.85. The number of aromatic carboxylic acids is 1. The molecule has 0 radical (unpaired) electrons. The van der Waals surface area contributed by atoms with E-state index < -0.39 is 17.2 Å². The van der Waals surface area contributed by atoms with Crippen LogP contribution in [0.25, 0.3) is 0 Å². The van der Waals surface area contributed by atoms with Crippen molar-refractivity contribution in [1.82, 2.24) is 14.5 Å². The monoisotopic (exact) mass is 325 g/mol. The number of carboxylic acid groups (broad SMARTS) is 1. The van der Waals surface area contributed by atoms with Gasteiger partial charge >= 0.3 is 11.7 Å². The standard InChI is InChI=1S/C15H23N3O5/c1-23-9-5-8-18-13(19)11(10-17-6-3-2-4-7-17)12(14(20)21)16-15(18)22/h2-10H2,1H3,(H,16,22)(H,20,21). The summed E-state index contributed by atoms with van der Waals surface area (Å²) in [5.74, 6) is -1.28. The summed E-state index contributed by atoms with van der Waals surface area (Å²) in [7, 11) is 1.54.